The van der Waals surface area contributed by atoms with Gasteiger partial charge in [-0.3, -0.25) is 9.59 Å². The highest BCUT2D eigenvalue weighted by Crippen LogP contribution is 2.33. The Bertz CT molecular complexity index is 660. The van der Waals surface area contributed by atoms with Crippen LogP contribution in [0.5, 0.6) is 0 Å². The molecule has 138 valence electrons. The summed E-state index contributed by atoms with van der Waals surface area (Å²) < 4.78 is 5.88. The molecule has 0 unspecified atom stereocenters. The average molecular weight is 365 g/mol. The second-order valence-corrected chi connectivity index (χ2v) is 9.14. The summed E-state index contributed by atoms with van der Waals surface area (Å²) in [5.74, 6) is 0.0467. The van der Waals surface area contributed by atoms with Crippen LogP contribution in [0.3, 0.4) is 0 Å². The van der Waals surface area contributed by atoms with Crippen LogP contribution in [0.4, 0.5) is 5.00 Å². The van der Waals surface area contributed by atoms with Crippen LogP contribution in [0.1, 0.15) is 61.7 Å². The molecule has 2 fully saturated rings. The number of nitrogens with one attached hydrogen (secondary N) is 1. The van der Waals surface area contributed by atoms with Crippen molar-refractivity contribution in [2.75, 3.05) is 18.5 Å². The first kappa shape index (κ1) is 18.4. The molecule has 0 spiro atoms. The Kier molecular flexibility index (Phi) is 5.21. The van der Waals surface area contributed by atoms with E-state index in [0.717, 1.165) is 34.7 Å². The third kappa shape index (κ3) is 3.90. The normalized spacial score (nSPS) is 23.9. The minimum Gasteiger partial charge on any atom is -0.374 e. The number of hydrogen-bond donors (Lipinski definition) is 1. The van der Waals surface area contributed by atoms with Gasteiger partial charge in [0.15, 0.2) is 0 Å². The monoisotopic (exact) mass is 364 g/mol. The molecule has 25 heavy (non-hydrogen) atoms. The lowest BCUT2D eigenvalue weighted by Crippen LogP contribution is -2.54. The molecule has 1 aromatic rings. The summed E-state index contributed by atoms with van der Waals surface area (Å²) in [6.45, 7) is 8.85. The minimum atomic E-state index is -0.457. The molecule has 2 aliphatic rings. The predicted octanol–water partition coefficient (Wildman–Crippen LogP) is 3.82. The van der Waals surface area contributed by atoms with E-state index >= 15 is 0 Å². The molecule has 1 aliphatic carbocycles. The molecule has 1 saturated heterocycles. The standard InChI is InChI=1S/C19H28N2O3S/c1-12-11-15(20-18(23)19(2,3)4)25-16(12)17(22)21-9-10-24-14-8-6-5-7-13(14)21/h11,13-14H,5-10H2,1-4H3,(H,20,23)/t13-,14+/m0/s1. The number of fused-ring (bicyclic) bond motifs is 1. The molecule has 3 rings (SSSR count). The number of nitrogens with zero attached hydrogens (tertiary/aromatic N) is 1. The summed E-state index contributed by atoms with van der Waals surface area (Å²) in [5.41, 5.74) is 0.472. The second kappa shape index (κ2) is 7.08. The molecule has 2 atom stereocenters. The maximum atomic E-state index is 13.1. The molecule has 2 heterocycles. The number of ether oxygens (including phenoxy) is 1. The van der Waals surface area contributed by atoms with Crippen LogP contribution in [0.15, 0.2) is 6.07 Å². The van der Waals surface area contributed by atoms with E-state index in [1.165, 1.54) is 17.8 Å². The van der Waals surface area contributed by atoms with Crippen molar-refractivity contribution in [1.29, 1.82) is 0 Å². The molecular weight excluding hydrogens is 336 g/mol. The minimum absolute atomic E-state index is 0.0357. The first-order chi connectivity index (χ1) is 11.8. The molecule has 1 saturated carbocycles. The van der Waals surface area contributed by atoms with E-state index in [1.807, 2.05) is 38.7 Å². The molecule has 6 heteroatoms. The Hall–Kier alpha value is -1.40. The van der Waals surface area contributed by atoms with Gasteiger partial charge in [-0.05, 0) is 31.4 Å². The van der Waals surface area contributed by atoms with Crippen molar-refractivity contribution in [3.63, 3.8) is 0 Å². The van der Waals surface area contributed by atoms with E-state index < -0.39 is 5.41 Å². The highest BCUT2D eigenvalue weighted by atomic mass is 32.1. The van der Waals surface area contributed by atoms with E-state index in [2.05, 4.69) is 5.32 Å². The SMILES string of the molecule is Cc1cc(NC(=O)C(C)(C)C)sc1C(=O)N1CCO[C@@H]2CCCC[C@@H]21. The fourth-order valence-electron chi connectivity index (χ4n) is 3.53. The summed E-state index contributed by atoms with van der Waals surface area (Å²) >= 11 is 1.38. The number of amides is 2. The fraction of sp³-hybridized carbons (Fsp3) is 0.684. The lowest BCUT2D eigenvalue weighted by molar-refractivity contribution is -0.123. The number of aryl methyl sites for hydroxylation is 1. The molecule has 0 aromatic carbocycles. The van der Waals surface area contributed by atoms with Gasteiger partial charge in [0, 0.05) is 12.0 Å². The van der Waals surface area contributed by atoms with Gasteiger partial charge in [0.1, 0.15) is 0 Å². The van der Waals surface area contributed by atoms with E-state index in [1.54, 1.807) is 0 Å². The molecule has 5 nitrogen and oxygen atoms in total. The van der Waals surface area contributed by atoms with Crippen molar-refractivity contribution < 1.29 is 14.3 Å². The maximum Gasteiger partial charge on any atom is 0.264 e. The topological polar surface area (TPSA) is 58.6 Å². The quantitative estimate of drug-likeness (QED) is 0.868. The Morgan fingerprint density at radius 1 is 1.28 bits per heavy atom. The van der Waals surface area contributed by atoms with Gasteiger partial charge in [-0.2, -0.15) is 0 Å². The maximum absolute atomic E-state index is 13.1. The first-order valence-corrected chi connectivity index (χ1v) is 9.93. The van der Waals surface area contributed by atoms with E-state index in [9.17, 15) is 9.59 Å². The van der Waals surface area contributed by atoms with Crippen LogP contribution in [0.2, 0.25) is 0 Å². The van der Waals surface area contributed by atoms with Gasteiger partial charge < -0.3 is 15.0 Å². The van der Waals surface area contributed by atoms with Crippen LogP contribution >= 0.6 is 11.3 Å². The highest BCUT2D eigenvalue weighted by Gasteiger charge is 2.37. The number of thiophene rings is 1. The molecule has 1 aliphatic heterocycles. The molecule has 0 bridgehead atoms. The van der Waals surface area contributed by atoms with Gasteiger partial charge in [-0.25, -0.2) is 0 Å². The summed E-state index contributed by atoms with van der Waals surface area (Å²) in [6, 6.07) is 2.10. The number of carbonyl (C=O) groups excluding carboxylic acids is 2. The lowest BCUT2D eigenvalue weighted by Gasteiger charge is -2.43. The molecule has 0 radical (unpaired) electrons. The van der Waals surface area contributed by atoms with Gasteiger partial charge in [-0.15, -0.1) is 11.3 Å². The Balaban J connectivity index is 1.77. The van der Waals surface area contributed by atoms with Crippen LogP contribution in [0.25, 0.3) is 0 Å². The summed E-state index contributed by atoms with van der Waals surface area (Å²) in [4.78, 5) is 28.1. The highest BCUT2D eigenvalue weighted by molar-refractivity contribution is 7.18. The number of rotatable bonds is 2. The molecule has 2 amide bonds. The largest absolute Gasteiger partial charge is 0.374 e. The third-order valence-corrected chi connectivity index (χ3v) is 6.16. The number of carbonyl (C=O) groups is 2. The van der Waals surface area contributed by atoms with Crippen LogP contribution in [0, 0.1) is 12.3 Å². The summed E-state index contributed by atoms with van der Waals surface area (Å²) in [7, 11) is 0. The lowest BCUT2D eigenvalue weighted by atomic mass is 9.90. The molecule has 1 aromatic heterocycles. The Morgan fingerprint density at radius 2 is 2.00 bits per heavy atom. The van der Waals surface area contributed by atoms with E-state index in [0.29, 0.717) is 13.2 Å². The van der Waals surface area contributed by atoms with Gasteiger partial charge in [0.25, 0.3) is 5.91 Å². The summed E-state index contributed by atoms with van der Waals surface area (Å²) in [5, 5.41) is 3.69. The summed E-state index contributed by atoms with van der Waals surface area (Å²) in [6.07, 6.45) is 4.60. The smallest absolute Gasteiger partial charge is 0.264 e. The number of anilines is 1. The Labute approximate surface area is 153 Å². The fourth-order valence-corrected chi connectivity index (χ4v) is 4.56. The Morgan fingerprint density at radius 3 is 2.72 bits per heavy atom. The van der Waals surface area contributed by atoms with Gasteiger partial charge in [0.2, 0.25) is 5.91 Å². The van der Waals surface area contributed by atoms with E-state index in [-0.39, 0.29) is 24.0 Å². The van der Waals surface area contributed by atoms with Crippen molar-refractivity contribution in [1.82, 2.24) is 4.90 Å². The zero-order chi connectivity index (χ0) is 18.2. The molecule has 1 N–H and O–H groups in total. The number of hydrogen-bond acceptors (Lipinski definition) is 4. The zero-order valence-electron chi connectivity index (χ0n) is 15.6. The number of morpholine rings is 1. The second-order valence-electron chi connectivity index (χ2n) is 8.09. The van der Waals surface area contributed by atoms with Crippen molar-refractivity contribution in [2.24, 2.45) is 5.41 Å². The van der Waals surface area contributed by atoms with Crippen LogP contribution in [-0.4, -0.2) is 42.0 Å². The predicted molar refractivity (Wildman–Crippen MR) is 100 cm³/mol. The van der Waals surface area contributed by atoms with Gasteiger partial charge in [-0.1, -0.05) is 33.6 Å². The van der Waals surface area contributed by atoms with Crippen molar-refractivity contribution in [3.8, 4) is 0 Å². The van der Waals surface area contributed by atoms with Gasteiger partial charge >= 0.3 is 0 Å². The zero-order valence-corrected chi connectivity index (χ0v) is 16.4. The van der Waals surface area contributed by atoms with E-state index in [4.69, 9.17) is 4.74 Å². The average Bonchev–Trinajstić information content (AvgIpc) is 2.93. The van der Waals surface area contributed by atoms with Gasteiger partial charge in [0.05, 0.1) is 28.6 Å². The van der Waals surface area contributed by atoms with Crippen LogP contribution < -0.4 is 5.32 Å². The van der Waals surface area contributed by atoms with Crippen molar-refractivity contribution in [2.45, 2.75) is 65.5 Å². The van der Waals surface area contributed by atoms with Crippen LogP contribution in [-0.2, 0) is 9.53 Å². The van der Waals surface area contributed by atoms with Crippen molar-refractivity contribution >= 4 is 28.2 Å². The first-order valence-electron chi connectivity index (χ1n) is 9.12. The molecular formula is C19H28N2O3S. The van der Waals surface area contributed by atoms with Crippen molar-refractivity contribution in [3.05, 3.63) is 16.5 Å². The third-order valence-electron chi connectivity index (χ3n) is 5.02.